The molecule has 0 amide bonds. The van der Waals surface area contributed by atoms with E-state index >= 15 is 0 Å². The molecule has 3 nitrogen and oxygen atoms in total. The smallest absolute Gasteiger partial charge is 0.113 e. The van der Waals surface area contributed by atoms with Gasteiger partial charge in [-0.2, -0.15) is 5.26 Å². The Morgan fingerprint density at radius 1 is 1.77 bits per heavy atom. The molecule has 1 N–H and O–H groups in total. The summed E-state index contributed by atoms with van der Waals surface area (Å²) in [5, 5.41) is 18.0. The van der Waals surface area contributed by atoms with Crippen LogP contribution in [0.4, 0.5) is 0 Å². The van der Waals surface area contributed by atoms with E-state index in [9.17, 15) is 0 Å². The minimum Gasteiger partial charge on any atom is -0.395 e. The molecule has 68 valence electrons. The zero-order valence-corrected chi connectivity index (χ0v) is 8.88. The van der Waals surface area contributed by atoms with Crippen molar-refractivity contribution in [2.75, 3.05) is 6.61 Å². The number of hydrogen-bond acceptors (Lipinski definition) is 3. The highest BCUT2D eigenvalue weighted by molar-refractivity contribution is 9.10. The van der Waals surface area contributed by atoms with Crippen molar-refractivity contribution in [3.05, 3.63) is 27.5 Å². The lowest BCUT2D eigenvalue weighted by Gasteiger charge is -2.06. The molecule has 0 radical (unpaired) electrons. The lowest BCUT2D eigenvalue weighted by Crippen LogP contribution is -2.04. The van der Waals surface area contributed by atoms with Gasteiger partial charge in [0.25, 0.3) is 0 Å². The fourth-order valence-electron chi connectivity index (χ4n) is 0.870. The van der Waals surface area contributed by atoms with Gasteiger partial charge in [0, 0.05) is 10.7 Å². The van der Waals surface area contributed by atoms with E-state index in [0.717, 1.165) is 0 Å². The van der Waals surface area contributed by atoms with Crippen molar-refractivity contribution < 1.29 is 5.11 Å². The lowest BCUT2D eigenvalue weighted by molar-refractivity contribution is 0.284. The Bertz CT molecular complexity index is 350. The Morgan fingerprint density at radius 3 is 2.92 bits per heavy atom. The van der Waals surface area contributed by atoms with Gasteiger partial charge in [-0.05, 0) is 22.0 Å². The second-order valence-electron chi connectivity index (χ2n) is 2.38. The van der Waals surface area contributed by atoms with Crippen molar-refractivity contribution in [3.63, 3.8) is 0 Å². The summed E-state index contributed by atoms with van der Waals surface area (Å²) in [7, 11) is 0. The Balaban J connectivity index is 3.09. The van der Waals surface area contributed by atoms with Crippen LogP contribution in [0.5, 0.6) is 0 Å². The predicted octanol–water partition coefficient (Wildman–Crippen LogP) is 2.10. The van der Waals surface area contributed by atoms with Crippen LogP contribution in [0.25, 0.3) is 0 Å². The van der Waals surface area contributed by atoms with Crippen molar-refractivity contribution in [3.8, 4) is 6.07 Å². The van der Waals surface area contributed by atoms with Crippen LogP contribution in [0.3, 0.4) is 0 Å². The summed E-state index contributed by atoms with van der Waals surface area (Å²) >= 11 is 8.89. The van der Waals surface area contributed by atoms with E-state index in [1.165, 1.54) is 6.20 Å². The van der Waals surface area contributed by atoms with Gasteiger partial charge in [-0.1, -0.05) is 11.6 Å². The van der Waals surface area contributed by atoms with E-state index in [4.69, 9.17) is 22.0 Å². The number of hydrogen-bond donors (Lipinski definition) is 1. The highest BCUT2D eigenvalue weighted by Gasteiger charge is 2.14. The second-order valence-corrected chi connectivity index (χ2v) is 3.68. The van der Waals surface area contributed by atoms with Gasteiger partial charge in [-0.15, -0.1) is 0 Å². The molecule has 0 aromatic carbocycles. The monoisotopic (exact) mass is 260 g/mol. The third-order valence-electron chi connectivity index (χ3n) is 1.50. The maximum absolute atomic E-state index is 8.86. The Kier molecular flexibility index (Phi) is 3.67. The second kappa shape index (κ2) is 4.56. The average molecular weight is 262 g/mol. The number of nitrogens with zero attached hydrogens (tertiary/aromatic N) is 2. The number of aliphatic hydroxyl groups is 1. The summed E-state index contributed by atoms with van der Waals surface area (Å²) in [4.78, 5) is 3.96. The van der Waals surface area contributed by atoms with Crippen LogP contribution in [-0.2, 0) is 0 Å². The number of aromatic nitrogens is 1. The van der Waals surface area contributed by atoms with Gasteiger partial charge in [0.05, 0.1) is 23.4 Å². The van der Waals surface area contributed by atoms with Crippen LogP contribution >= 0.6 is 27.5 Å². The quantitative estimate of drug-likeness (QED) is 0.887. The zero-order valence-electron chi connectivity index (χ0n) is 6.54. The maximum Gasteiger partial charge on any atom is 0.113 e. The molecule has 0 fully saturated rings. The summed E-state index contributed by atoms with van der Waals surface area (Å²) in [6, 6.07) is 3.59. The minimum absolute atomic E-state index is 0.246. The number of halogens is 2. The molecule has 13 heavy (non-hydrogen) atoms. The van der Waals surface area contributed by atoms with Gasteiger partial charge in [-0.25, -0.2) is 0 Å². The summed E-state index contributed by atoms with van der Waals surface area (Å²) in [5.41, 5.74) is 0.509. The van der Waals surface area contributed by atoms with Crippen LogP contribution in [0, 0.1) is 11.3 Å². The van der Waals surface area contributed by atoms with Crippen LogP contribution in [0.1, 0.15) is 11.6 Å². The predicted molar refractivity (Wildman–Crippen MR) is 52.4 cm³/mol. The molecule has 1 heterocycles. The Hall–Kier alpha value is -0.630. The molecule has 0 saturated heterocycles. The van der Waals surface area contributed by atoms with E-state index in [0.29, 0.717) is 15.2 Å². The molecule has 1 aromatic rings. The highest BCUT2D eigenvalue weighted by Crippen LogP contribution is 2.24. The molecule has 1 atom stereocenters. The van der Waals surface area contributed by atoms with Gasteiger partial charge in [-0.3, -0.25) is 4.98 Å². The molecule has 1 unspecified atom stereocenters. The van der Waals surface area contributed by atoms with Crippen molar-refractivity contribution in [2.24, 2.45) is 0 Å². The summed E-state index contributed by atoms with van der Waals surface area (Å²) < 4.78 is 0.639. The van der Waals surface area contributed by atoms with E-state index in [1.807, 2.05) is 6.07 Å². The van der Waals surface area contributed by atoms with E-state index in [-0.39, 0.29) is 6.61 Å². The number of aliphatic hydroxyl groups excluding tert-OH is 1. The van der Waals surface area contributed by atoms with Crippen LogP contribution in [0.15, 0.2) is 16.7 Å². The zero-order chi connectivity index (χ0) is 9.84. The molecule has 5 heteroatoms. The van der Waals surface area contributed by atoms with E-state index in [2.05, 4.69) is 20.9 Å². The molecular weight excluding hydrogens is 255 g/mol. The van der Waals surface area contributed by atoms with Crippen molar-refractivity contribution >= 4 is 27.5 Å². The first-order valence-electron chi connectivity index (χ1n) is 3.50. The molecule has 0 bridgehead atoms. The molecule has 1 aromatic heterocycles. The van der Waals surface area contributed by atoms with Crippen LogP contribution in [0.2, 0.25) is 5.02 Å². The van der Waals surface area contributed by atoms with Gasteiger partial charge in [0.2, 0.25) is 0 Å². The SMILES string of the molecule is N#CC(CO)c1ncc(Cl)cc1Br. The van der Waals surface area contributed by atoms with Gasteiger partial charge >= 0.3 is 0 Å². The molecule has 0 spiro atoms. The topological polar surface area (TPSA) is 56.9 Å². The molecule has 1 rings (SSSR count). The minimum atomic E-state index is -0.605. The molecular formula is C8H6BrClN2O. The highest BCUT2D eigenvalue weighted by atomic mass is 79.9. The van der Waals surface area contributed by atoms with Crippen LogP contribution < -0.4 is 0 Å². The third-order valence-corrected chi connectivity index (χ3v) is 2.35. The number of rotatable bonds is 2. The fourth-order valence-corrected chi connectivity index (χ4v) is 1.79. The Labute approximate surface area is 89.1 Å². The molecule has 0 aliphatic heterocycles. The Morgan fingerprint density at radius 2 is 2.46 bits per heavy atom. The fraction of sp³-hybridized carbons (Fsp3) is 0.250. The first-order chi connectivity index (χ1) is 6.19. The van der Waals surface area contributed by atoms with Crippen LogP contribution in [-0.4, -0.2) is 16.7 Å². The standard InChI is InChI=1S/C8H6BrClN2O/c9-7-1-6(10)3-12-8(7)5(2-11)4-13/h1,3,5,13H,4H2. The van der Waals surface area contributed by atoms with Crippen molar-refractivity contribution in [1.29, 1.82) is 5.26 Å². The maximum atomic E-state index is 8.86. The number of nitriles is 1. The molecule has 0 aliphatic rings. The molecule has 0 saturated carbocycles. The lowest BCUT2D eigenvalue weighted by atomic mass is 10.1. The first-order valence-corrected chi connectivity index (χ1v) is 4.67. The number of pyridine rings is 1. The first kappa shape index (κ1) is 10.5. The normalized spacial score (nSPS) is 12.2. The van der Waals surface area contributed by atoms with Gasteiger partial charge in [0.1, 0.15) is 5.92 Å². The summed E-state index contributed by atoms with van der Waals surface area (Å²) in [6.45, 7) is -0.246. The van der Waals surface area contributed by atoms with E-state index in [1.54, 1.807) is 6.07 Å². The van der Waals surface area contributed by atoms with Gasteiger partial charge in [0.15, 0.2) is 0 Å². The third kappa shape index (κ3) is 2.41. The average Bonchev–Trinajstić information content (AvgIpc) is 2.10. The summed E-state index contributed by atoms with van der Waals surface area (Å²) in [6.07, 6.45) is 1.45. The summed E-state index contributed by atoms with van der Waals surface area (Å²) in [5.74, 6) is -0.605. The van der Waals surface area contributed by atoms with Gasteiger partial charge < -0.3 is 5.11 Å². The largest absolute Gasteiger partial charge is 0.395 e. The molecule has 0 aliphatic carbocycles. The van der Waals surface area contributed by atoms with Crippen molar-refractivity contribution in [2.45, 2.75) is 5.92 Å². The van der Waals surface area contributed by atoms with Crippen molar-refractivity contribution in [1.82, 2.24) is 4.98 Å². The van der Waals surface area contributed by atoms with E-state index < -0.39 is 5.92 Å².